The number of hydrogen-bond donors (Lipinski definition) is 1. The molecule has 0 atom stereocenters. The highest BCUT2D eigenvalue weighted by Gasteiger charge is 2.06. The van der Waals surface area contributed by atoms with Gasteiger partial charge in [-0.1, -0.05) is 13.8 Å². The normalized spacial score (nSPS) is 11.2. The van der Waals surface area contributed by atoms with Gasteiger partial charge in [-0.25, -0.2) is 4.68 Å². The Balaban J connectivity index is 2.43. The maximum atomic E-state index is 5.47. The van der Waals surface area contributed by atoms with Gasteiger partial charge in [-0.3, -0.25) is 0 Å². The number of likely N-dealkylation sites (N-methyl/N-ethyl adjacent to an activating group) is 1. The van der Waals surface area contributed by atoms with Crippen molar-refractivity contribution in [3.63, 3.8) is 0 Å². The second-order valence-electron chi connectivity index (χ2n) is 3.74. The lowest BCUT2D eigenvalue weighted by Crippen LogP contribution is -2.28. The van der Waals surface area contributed by atoms with Crippen LogP contribution < -0.4 is 5.73 Å². The van der Waals surface area contributed by atoms with Gasteiger partial charge in [-0.15, -0.1) is 5.10 Å². The van der Waals surface area contributed by atoms with Gasteiger partial charge in [0.2, 0.25) is 0 Å². The van der Waals surface area contributed by atoms with Crippen LogP contribution in [0, 0.1) is 0 Å². The molecule has 1 heterocycles. The predicted octanol–water partition coefficient (Wildman–Crippen LogP) is -0.0938. The predicted molar refractivity (Wildman–Crippen MR) is 63.0 cm³/mol. The van der Waals surface area contributed by atoms with E-state index in [9.17, 15) is 0 Å². The van der Waals surface area contributed by atoms with Crippen molar-refractivity contribution in [1.82, 2.24) is 25.1 Å². The maximum Gasteiger partial charge on any atom is 0.151 e. The highest BCUT2D eigenvalue weighted by atomic mass is 15.5. The molecule has 0 aliphatic rings. The Morgan fingerprint density at radius 1 is 1.31 bits per heavy atom. The number of tetrazole rings is 1. The van der Waals surface area contributed by atoms with Crippen molar-refractivity contribution in [3.05, 3.63) is 5.82 Å². The van der Waals surface area contributed by atoms with Crippen molar-refractivity contribution >= 4 is 0 Å². The van der Waals surface area contributed by atoms with Crippen molar-refractivity contribution in [2.45, 2.75) is 33.2 Å². The average Bonchev–Trinajstić information content (AvgIpc) is 2.75. The van der Waals surface area contributed by atoms with Gasteiger partial charge in [0.25, 0.3) is 0 Å². The first kappa shape index (κ1) is 13.1. The SMILES string of the molecule is CCN(CC)CCn1nnnc1CCCN. The van der Waals surface area contributed by atoms with Gasteiger partial charge in [-0.2, -0.15) is 0 Å². The van der Waals surface area contributed by atoms with E-state index >= 15 is 0 Å². The molecule has 0 aliphatic carbocycles. The molecule has 92 valence electrons. The molecule has 0 amide bonds. The largest absolute Gasteiger partial charge is 0.330 e. The van der Waals surface area contributed by atoms with E-state index in [1.165, 1.54) is 0 Å². The topological polar surface area (TPSA) is 72.9 Å². The summed E-state index contributed by atoms with van der Waals surface area (Å²) in [7, 11) is 0. The molecular weight excluding hydrogens is 204 g/mol. The first-order chi connectivity index (χ1) is 7.81. The molecule has 0 saturated carbocycles. The first-order valence-electron chi connectivity index (χ1n) is 5.99. The van der Waals surface area contributed by atoms with E-state index in [1.54, 1.807) is 0 Å². The van der Waals surface area contributed by atoms with Crippen molar-refractivity contribution in [3.8, 4) is 0 Å². The molecule has 1 rings (SSSR count). The van der Waals surface area contributed by atoms with Crippen molar-refractivity contribution in [2.75, 3.05) is 26.2 Å². The lowest BCUT2D eigenvalue weighted by molar-refractivity contribution is 0.282. The fourth-order valence-electron chi connectivity index (χ4n) is 1.61. The Labute approximate surface area is 96.8 Å². The highest BCUT2D eigenvalue weighted by Crippen LogP contribution is 1.97. The summed E-state index contributed by atoms with van der Waals surface area (Å²) in [5.74, 6) is 0.942. The van der Waals surface area contributed by atoms with Crippen molar-refractivity contribution < 1.29 is 0 Å². The van der Waals surface area contributed by atoms with Crippen LogP contribution in [0.1, 0.15) is 26.1 Å². The maximum absolute atomic E-state index is 5.47. The van der Waals surface area contributed by atoms with Crippen LogP contribution in [0.2, 0.25) is 0 Å². The quantitative estimate of drug-likeness (QED) is 0.670. The Morgan fingerprint density at radius 2 is 2.06 bits per heavy atom. The third-order valence-corrected chi connectivity index (χ3v) is 2.73. The molecule has 16 heavy (non-hydrogen) atoms. The molecular formula is C10H22N6. The third-order valence-electron chi connectivity index (χ3n) is 2.73. The molecule has 6 heteroatoms. The number of hydrogen-bond acceptors (Lipinski definition) is 5. The van der Waals surface area contributed by atoms with Crippen LogP contribution in [0.15, 0.2) is 0 Å². The molecule has 2 N–H and O–H groups in total. The summed E-state index contributed by atoms with van der Waals surface area (Å²) < 4.78 is 1.88. The van der Waals surface area contributed by atoms with Crippen molar-refractivity contribution in [2.24, 2.45) is 5.73 Å². The third kappa shape index (κ3) is 3.86. The average molecular weight is 226 g/mol. The van der Waals surface area contributed by atoms with Crippen LogP contribution in [0.3, 0.4) is 0 Å². The van der Waals surface area contributed by atoms with Gasteiger partial charge in [0, 0.05) is 13.0 Å². The summed E-state index contributed by atoms with van der Waals surface area (Å²) in [4.78, 5) is 2.36. The van der Waals surface area contributed by atoms with Crippen LogP contribution in [0.5, 0.6) is 0 Å². The number of rotatable bonds is 8. The molecule has 0 spiro atoms. The molecule has 0 aliphatic heterocycles. The second-order valence-corrected chi connectivity index (χ2v) is 3.74. The van der Waals surface area contributed by atoms with E-state index in [2.05, 4.69) is 34.3 Å². The minimum atomic E-state index is 0.683. The molecule has 0 bridgehead atoms. The van der Waals surface area contributed by atoms with E-state index in [-0.39, 0.29) is 0 Å². The summed E-state index contributed by atoms with van der Waals surface area (Å²) in [6, 6.07) is 0. The van der Waals surface area contributed by atoms with Gasteiger partial charge in [-0.05, 0) is 36.5 Å². The summed E-state index contributed by atoms with van der Waals surface area (Å²) in [6.07, 6.45) is 1.80. The molecule has 1 aromatic rings. The van der Waals surface area contributed by atoms with Gasteiger partial charge in [0.1, 0.15) is 0 Å². The number of nitrogens with zero attached hydrogens (tertiary/aromatic N) is 5. The number of nitrogens with two attached hydrogens (primary N) is 1. The van der Waals surface area contributed by atoms with E-state index < -0.39 is 0 Å². The van der Waals surface area contributed by atoms with Crippen LogP contribution in [-0.2, 0) is 13.0 Å². The lowest BCUT2D eigenvalue weighted by Gasteiger charge is -2.17. The van der Waals surface area contributed by atoms with Crippen LogP contribution in [0.4, 0.5) is 0 Å². The lowest BCUT2D eigenvalue weighted by atomic mass is 10.3. The van der Waals surface area contributed by atoms with Gasteiger partial charge >= 0.3 is 0 Å². The zero-order chi connectivity index (χ0) is 11.8. The fourth-order valence-corrected chi connectivity index (χ4v) is 1.61. The summed E-state index contributed by atoms with van der Waals surface area (Å²) >= 11 is 0. The number of aryl methyl sites for hydroxylation is 1. The van der Waals surface area contributed by atoms with Crippen molar-refractivity contribution in [1.29, 1.82) is 0 Å². The molecule has 0 radical (unpaired) electrons. The molecule has 0 unspecified atom stereocenters. The zero-order valence-electron chi connectivity index (χ0n) is 10.3. The Morgan fingerprint density at radius 3 is 2.69 bits per heavy atom. The molecule has 0 fully saturated rings. The molecule has 0 aromatic carbocycles. The van der Waals surface area contributed by atoms with Crippen LogP contribution in [0.25, 0.3) is 0 Å². The highest BCUT2D eigenvalue weighted by molar-refractivity contribution is 4.81. The smallest absolute Gasteiger partial charge is 0.151 e. The summed E-state index contributed by atoms with van der Waals surface area (Å²) in [5, 5.41) is 11.7. The zero-order valence-corrected chi connectivity index (χ0v) is 10.3. The van der Waals surface area contributed by atoms with Crippen LogP contribution >= 0.6 is 0 Å². The van der Waals surface area contributed by atoms with E-state index in [0.29, 0.717) is 6.54 Å². The van der Waals surface area contributed by atoms with Gasteiger partial charge < -0.3 is 10.6 Å². The van der Waals surface area contributed by atoms with Gasteiger partial charge in [0.15, 0.2) is 5.82 Å². The first-order valence-corrected chi connectivity index (χ1v) is 5.99. The molecule has 6 nitrogen and oxygen atoms in total. The Bertz CT molecular complexity index is 281. The minimum absolute atomic E-state index is 0.683. The standard InChI is InChI=1S/C10H22N6/c1-3-15(4-2)8-9-16-10(6-5-7-11)12-13-14-16/h3-9,11H2,1-2H3. The summed E-state index contributed by atoms with van der Waals surface area (Å²) in [5.41, 5.74) is 5.47. The van der Waals surface area contributed by atoms with E-state index in [1.807, 2.05) is 4.68 Å². The van der Waals surface area contributed by atoms with E-state index in [0.717, 1.165) is 44.8 Å². The van der Waals surface area contributed by atoms with E-state index in [4.69, 9.17) is 5.73 Å². The monoisotopic (exact) mass is 226 g/mol. The molecule has 0 saturated heterocycles. The second kappa shape index (κ2) is 7.29. The number of aromatic nitrogens is 4. The summed E-state index contributed by atoms with van der Waals surface area (Å²) in [6.45, 7) is 9.00. The fraction of sp³-hybridized carbons (Fsp3) is 0.900. The van der Waals surface area contributed by atoms with Crippen LogP contribution in [-0.4, -0.2) is 51.3 Å². The Hall–Kier alpha value is -1.01. The van der Waals surface area contributed by atoms with Gasteiger partial charge in [0.05, 0.1) is 6.54 Å². The Kier molecular flexibility index (Phi) is 5.95. The minimum Gasteiger partial charge on any atom is -0.330 e. The molecule has 1 aromatic heterocycles.